The average molecular weight is 385 g/mol. The van der Waals surface area contributed by atoms with Crippen LogP contribution in [0.2, 0.25) is 0 Å². The van der Waals surface area contributed by atoms with Crippen molar-refractivity contribution in [2.45, 2.75) is 6.54 Å². The first-order valence-corrected chi connectivity index (χ1v) is 9.71. The summed E-state index contributed by atoms with van der Waals surface area (Å²) in [6.07, 6.45) is 0. The number of nitrogens with zero attached hydrogens (tertiary/aromatic N) is 2. The first kappa shape index (κ1) is 20.0. The third-order valence-electron chi connectivity index (χ3n) is 5.18. The van der Waals surface area contributed by atoms with Gasteiger partial charge in [0.05, 0.1) is 26.8 Å². The Kier molecular flexibility index (Phi) is 6.76. The van der Waals surface area contributed by atoms with E-state index < -0.39 is 0 Å². The van der Waals surface area contributed by atoms with E-state index in [-0.39, 0.29) is 5.91 Å². The van der Waals surface area contributed by atoms with Crippen molar-refractivity contribution in [2.75, 3.05) is 58.9 Å². The predicted molar refractivity (Wildman–Crippen MR) is 110 cm³/mol. The second kappa shape index (κ2) is 9.46. The maximum Gasteiger partial charge on any atom is 0.277 e. The third-order valence-corrected chi connectivity index (χ3v) is 5.18. The lowest BCUT2D eigenvalue weighted by Gasteiger charge is -2.36. The van der Waals surface area contributed by atoms with E-state index >= 15 is 0 Å². The summed E-state index contributed by atoms with van der Waals surface area (Å²) in [5.74, 6) is 1.66. The Bertz CT molecular complexity index is 774. The van der Waals surface area contributed by atoms with Gasteiger partial charge >= 0.3 is 0 Å². The van der Waals surface area contributed by atoms with E-state index in [1.54, 1.807) is 14.2 Å². The lowest BCUT2D eigenvalue weighted by atomic mass is 10.1. The number of nitrogens with one attached hydrogen (secondary N) is 1. The quantitative estimate of drug-likeness (QED) is 0.776. The monoisotopic (exact) mass is 384 g/mol. The summed E-state index contributed by atoms with van der Waals surface area (Å²) in [5, 5.41) is 0. The fourth-order valence-corrected chi connectivity index (χ4v) is 3.70. The van der Waals surface area contributed by atoms with E-state index in [1.807, 2.05) is 36.2 Å². The predicted octanol–water partition coefficient (Wildman–Crippen LogP) is 1.07. The molecule has 2 aromatic carbocycles. The molecule has 0 bridgehead atoms. The molecule has 3 rings (SSSR count). The van der Waals surface area contributed by atoms with Crippen molar-refractivity contribution in [1.29, 1.82) is 0 Å². The van der Waals surface area contributed by atoms with Crippen LogP contribution in [0.4, 0.5) is 5.69 Å². The van der Waals surface area contributed by atoms with Crippen LogP contribution in [0.15, 0.2) is 48.5 Å². The van der Waals surface area contributed by atoms with Crippen LogP contribution in [-0.4, -0.2) is 64.8 Å². The number of hydrogen-bond donors (Lipinski definition) is 1. The average Bonchev–Trinajstić information content (AvgIpc) is 2.74. The largest absolute Gasteiger partial charge is 0.493 e. The fraction of sp³-hybridized carbons (Fsp3) is 0.409. The summed E-state index contributed by atoms with van der Waals surface area (Å²) < 4.78 is 10.9. The zero-order chi connectivity index (χ0) is 19.9. The highest BCUT2D eigenvalue weighted by molar-refractivity contribution is 5.77. The first-order valence-electron chi connectivity index (χ1n) is 9.71. The number of benzene rings is 2. The molecule has 0 radical (unpaired) electrons. The zero-order valence-electron chi connectivity index (χ0n) is 17.0. The Morgan fingerprint density at radius 1 is 0.964 bits per heavy atom. The normalized spacial score (nSPS) is 15.2. The molecule has 1 aliphatic heterocycles. The van der Waals surface area contributed by atoms with Gasteiger partial charge in [0.15, 0.2) is 18.0 Å². The molecule has 1 fully saturated rings. The molecule has 1 N–H and O–H groups in total. The number of hydrogen-bond acceptors (Lipinski definition) is 4. The van der Waals surface area contributed by atoms with Crippen LogP contribution in [0.5, 0.6) is 11.5 Å². The second-order valence-electron chi connectivity index (χ2n) is 7.17. The summed E-state index contributed by atoms with van der Waals surface area (Å²) in [5.41, 5.74) is 2.27. The Hall–Kier alpha value is -2.73. The maximum atomic E-state index is 12.8. The molecule has 0 spiro atoms. The summed E-state index contributed by atoms with van der Waals surface area (Å²) in [6, 6.07) is 16.2. The number of anilines is 1. The van der Waals surface area contributed by atoms with Crippen LogP contribution in [0, 0.1) is 0 Å². The van der Waals surface area contributed by atoms with Crippen LogP contribution in [-0.2, 0) is 11.3 Å². The SMILES string of the molecule is COc1cccc(C[NH+](C)CC(=O)N2CCN(c3ccccc3)CC2)c1OC. The van der Waals surface area contributed by atoms with Crippen LogP contribution in [0.3, 0.4) is 0 Å². The molecule has 1 atom stereocenters. The smallest absolute Gasteiger partial charge is 0.277 e. The van der Waals surface area contributed by atoms with E-state index in [2.05, 4.69) is 29.2 Å². The van der Waals surface area contributed by atoms with Gasteiger partial charge in [0.1, 0.15) is 6.54 Å². The van der Waals surface area contributed by atoms with Gasteiger partial charge in [0.25, 0.3) is 5.91 Å². The summed E-state index contributed by atoms with van der Waals surface area (Å²) in [7, 11) is 5.32. The van der Waals surface area contributed by atoms with Gasteiger partial charge in [0, 0.05) is 31.9 Å². The van der Waals surface area contributed by atoms with Crippen molar-refractivity contribution in [3.05, 3.63) is 54.1 Å². The highest BCUT2D eigenvalue weighted by atomic mass is 16.5. The summed E-state index contributed by atoms with van der Waals surface area (Å²) in [4.78, 5) is 18.2. The first-order chi connectivity index (χ1) is 13.6. The number of ether oxygens (including phenoxy) is 2. The molecule has 1 amide bonds. The number of carbonyl (C=O) groups is 1. The zero-order valence-corrected chi connectivity index (χ0v) is 17.0. The van der Waals surface area contributed by atoms with Gasteiger partial charge in [0.2, 0.25) is 0 Å². The van der Waals surface area contributed by atoms with Crippen molar-refractivity contribution in [1.82, 2.24) is 4.90 Å². The maximum absolute atomic E-state index is 12.8. The molecule has 2 aromatic rings. The van der Waals surface area contributed by atoms with E-state index in [0.29, 0.717) is 13.1 Å². The van der Waals surface area contributed by atoms with Crippen molar-refractivity contribution < 1.29 is 19.2 Å². The van der Waals surface area contributed by atoms with Crippen LogP contribution >= 0.6 is 0 Å². The van der Waals surface area contributed by atoms with Gasteiger partial charge in [-0.15, -0.1) is 0 Å². The van der Waals surface area contributed by atoms with E-state index in [4.69, 9.17) is 9.47 Å². The second-order valence-corrected chi connectivity index (χ2v) is 7.17. The van der Waals surface area contributed by atoms with Crippen LogP contribution < -0.4 is 19.3 Å². The van der Waals surface area contributed by atoms with Gasteiger partial charge in [-0.3, -0.25) is 4.79 Å². The standard InChI is InChI=1S/C22H29N3O3/c1-23(16-18-8-7-11-20(27-2)22(18)28-3)17-21(26)25-14-12-24(13-15-25)19-9-5-4-6-10-19/h4-11H,12-17H2,1-3H3/p+1. The number of quaternary nitrogens is 1. The van der Waals surface area contributed by atoms with Gasteiger partial charge in [-0.25, -0.2) is 0 Å². The number of para-hydroxylation sites is 2. The summed E-state index contributed by atoms with van der Waals surface area (Å²) in [6.45, 7) is 4.45. The Morgan fingerprint density at radius 2 is 1.68 bits per heavy atom. The minimum atomic E-state index is 0.201. The fourth-order valence-electron chi connectivity index (χ4n) is 3.70. The van der Waals surface area contributed by atoms with Crippen LogP contribution in [0.25, 0.3) is 0 Å². The number of methoxy groups -OCH3 is 2. The topological polar surface area (TPSA) is 46.5 Å². The molecule has 28 heavy (non-hydrogen) atoms. The van der Waals surface area contributed by atoms with Crippen molar-refractivity contribution in [3.8, 4) is 11.5 Å². The van der Waals surface area contributed by atoms with E-state index in [9.17, 15) is 4.79 Å². The minimum Gasteiger partial charge on any atom is -0.493 e. The lowest BCUT2D eigenvalue weighted by molar-refractivity contribution is -0.885. The van der Waals surface area contributed by atoms with Crippen molar-refractivity contribution in [2.24, 2.45) is 0 Å². The molecule has 0 saturated carbocycles. The molecular formula is C22H30N3O3+. The van der Waals surface area contributed by atoms with Gasteiger partial charge < -0.3 is 24.2 Å². The molecular weight excluding hydrogens is 354 g/mol. The van der Waals surface area contributed by atoms with Gasteiger partial charge in [-0.2, -0.15) is 0 Å². The molecule has 1 aliphatic rings. The molecule has 1 heterocycles. The Labute approximate surface area is 167 Å². The molecule has 6 heteroatoms. The highest BCUT2D eigenvalue weighted by Gasteiger charge is 2.24. The minimum absolute atomic E-state index is 0.201. The molecule has 1 unspecified atom stereocenters. The van der Waals surface area contributed by atoms with Crippen LogP contribution in [0.1, 0.15) is 5.56 Å². The number of carbonyl (C=O) groups excluding carboxylic acids is 1. The van der Waals surface area contributed by atoms with Crippen molar-refractivity contribution >= 4 is 11.6 Å². The van der Waals surface area contributed by atoms with Gasteiger partial charge in [-0.05, 0) is 24.3 Å². The molecule has 0 aromatic heterocycles. The van der Waals surface area contributed by atoms with Crippen molar-refractivity contribution in [3.63, 3.8) is 0 Å². The van der Waals surface area contributed by atoms with E-state index in [0.717, 1.165) is 48.1 Å². The molecule has 1 saturated heterocycles. The molecule has 6 nitrogen and oxygen atoms in total. The summed E-state index contributed by atoms with van der Waals surface area (Å²) >= 11 is 0. The van der Waals surface area contributed by atoms with E-state index in [1.165, 1.54) is 5.69 Å². The molecule has 0 aliphatic carbocycles. The Morgan fingerprint density at radius 3 is 2.32 bits per heavy atom. The molecule has 150 valence electrons. The lowest BCUT2D eigenvalue weighted by Crippen LogP contribution is -3.09. The number of likely N-dealkylation sites (N-methyl/N-ethyl adjacent to an activating group) is 1. The number of amides is 1. The number of piperazine rings is 1. The third kappa shape index (κ3) is 4.75. The highest BCUT2D eigenvalue weighted by Crippen LogP contribution is 2.30. The Balaban J connectivity index is 1.53. The van der Waals surface area contributed by atoms with Gasteiger partial charge in [-0.1, -0.05) is 24.3 Å². The number of rotatable bonds is 7.